The third-order valence-corrected chi connectivity index (χ3v) is 7.94. The number of alkyl halides is 2. The summed E-state index contributed by atoms with van der Waals surface area (Å²) in [6, 6.07) is 4.43. The van der Waals surface area contributed by atoms with E-state index in [1.165, 1.54) is 0 Å². The fourth-order valence-electron chi connectivity index (χ4n) is 6.19. The summed E-state index contributed by atoms with van der Waals surface area (Å²) < 4.78 is 43.8. The monoisotopic (exact) mass is 633 g/mol. The number of halogens is 4. The molecule has 0 unspecified atom stereocenters. The second kappa shape index (κ2) is 9.62. The third-order valence-electron chi connectivity index (χ3n) is 6.93. The molecule has 7 nitrogen and oxygen atoms in total. The molecule has 1 aliphatic carbocycles. The Balaban J connectivity index is 1.50. The Morgan fingerprint density at radius 3 is 2.53 bits per heavy atom. The molecule has 1 saturated carbocycles. The molecule has 4 rings (SSSR count). The van der Waals surface area contributed by atoms with Gasteiger partial charge in [-0.2, -0.15) is 8.78 Å². The van der Waals surface area contributed by atoms with Gasteiger partial charge in [0, 0.05) is 12.6 Å². The highest BCUT2D eigenvalue weighted by molar-refractivity contribution is 9.11. The molecule has 0 aromatic carbocycles. The maximum absolute atomic E-state index is 15.8. The number of amides is 1. The number of carbonyl (C=O) groups is 1. The molecule has 198 valence electrons. The van der Waals surface area contributed by atoms with Crippen molar-refractivity contribution in [2.75, 3.05) is 6.54 Å². The number of rotatable bonds is 6. The quantitative estimate of drug-likeness (QED) is 0.368. The lowest BCUT2D eigenvalue weighted by molar-refractivity contribution is -0.231. The molecule has 2 aromatic heterocycles. The van der Waals surface area contributed by atoms with Gasteiger partial charge in [-0.05, 0) is 86.9 Å². The second-order valence-electron chi connectivity index (χ2n) is 11.6. The van der Waals surface area contributed by atoms with E-state index in [-0.39, 0.29) is 26.0 Å². The van der Waals surface area contributed by atoms with Crippen LogP contribution in [0.4, 0.5) is 8.78 Å². The molecule has 11 heteroatoms. The molecular formula is C25H31Br2F2N3O4. The van der Waals surface area contributed by atoms with Crippen LogP contribution >= 0.6 is 31.9 Å². The van der Waals surface area contributed by atoms with Gasteiger partial charge in [-0.15, -0.1) is 0 Å². The molecule has 2 fully saturated rings. The van der Waals surface area contributed by atoms with Crippen LogP contribution in [0.5, 0.6) is 5.75 Å². The van der Waals surface area contributed by atoms with E-state index in [0.717, 1.165) is 4.90 Å². The first kappa shape index (κ1) is 27.4. The highest BCUT2D eigenvalue weighted by atomic mass is 79.9. The minimum atomic E-state index is -3.93. The Morgan fingerprint density at radius 1 is 1.22 bits per heavy atom. The lowest BCUT2D eigenvalue weighted by Gasteiger charge is -2.51. The molecule has 1 N–H and O–H groups in total. The molecule has 2 aromatic rings. The molecule has 1 atom stereocenters. The summed E-state index contributed by atoms with van der Waals surface area (Å²) in [6.45, 7) is 7.66. The van der Waals surface area contributed by atoms with Crippen LogP contribution in [-0.2, 0) is 11.4 Å². The average molecular weight is 635 g/mol. The van der Waals surface area contributed by atoms with E-state index in [1.54, 1.807) is 18.2 Å². The van der Waals surface area contributed by atoms with Crippen LogP contribution in [0.25, 0.3) is 0 Å². The Labute approximate surface area is 226 Å². The number of ether oxygens (including phenoxy) is 1. The third kappa shape index (κ3) is 5.48. The van der Waals surface area contributed by atoms with E-state index < -0.39 is 34.3 Å². The zero-order valence-electron chi connectivity index (χ0n) is 20.8. The van der Waals surface area contributed by atoms with E-state index in [4.69, 9.17) is 9.26 Å². The summed E-state index contributed by atoms with van der Waals surface area (Å²) in [5.41, 5.74) is -3.08. The molecule has 2 aliphatic rings. The summed E-state index contributed by atoms with van der Waals surface area (Å²) >= 11 is 6.60. The maximum Gasteiger partial charge on any atom is 0.352 e. The van der Waals surface area contributed by atoms with Gasteiger partial charge in [-0.25, -0.2) is 4.98 Å². The molecule has 1 saturated heterocycles. The molecule has 1 amide bonds. The van der Waals surface area contributed by atoms with Gasteiger partial charge in [-0.3, -0.25) is 4.79 Å². The van der Waals surface area contributed by atoms with Crippen LogP contribution in [0, 0.1) is 10.8 Å². The molecule has 0 bridgehead atoms. The van der Waals surface area contributed by atoms with Gasteiger partial charge in [0.05, 0.1) is 6.04 Å². The maximum atomic E-state index is 15.8. The molecule has 1 aliphatic heterocycles. The second-order valence-corrected chi connectivity index (χ2v) is 13.1. The predicted octanol–water partition coefficient (Wildman–Crippen LogP) is 6.44. The minimum absolute atomic E-state index is 0.0512. The van der Waals surface area contributed by atoms with Crippen LogP contribution in [0.15, 0.2) is 31.9 Å². The molecule has 0 spiro atoms. The van der Waals surface area contributed by atoms with Crippen molar-refractivity contribution in [3.05, 3.63) is 38.9 Å². The van der Waals surface area contributed by atoms with Gasteiger partial charge in [0.2, 0.25) is 0 Å². The van der Waals surface area contributed by atoms with Crippen molar-refractivity contribution in [2.24, 2.45) is 10.8 Å². The van der Waals surface area contributed by atoms with E-state index in [9.17, 15) is 9.90 Å². The number of nitrogens with zero attached hydrogens (tertiary/aromatic N) is 3. The van der Waals surface area contributed by atoms with Crippen LogP contribution in [0.1, 0.15) is 77.3 Å². The van der Waals surface area contributed by atoms with Gasteiger partial charge in [-0.1, -0.05) is 32.9 Å². The largest absolute Gasteiger partial charge is 0.483 e. The number of aliphatic hydroxyl groups is 1. The Hall–Kier alpha value is -1.59. The van der Waals surface area contributed by atoms with Crippen molar-refractivity contribution in [3.63, 3.8) is 0 Å². The van der Waals surface area contributed by atoms with Crippen molar-refractivity contribution in [1.82, 2.24) is 15.0 Å². The number of hydrogen-bond acceptors (Lipinski definition) is 6. The van der Waals surface area contributed by atoms with Crippen molar-refractivity contribution < 1.29 is 27.9 Å². The number of aromatic nitrogens is 2. The van der Waals surface area contributed by atoms with Crippen LogP contribution < -0.4 is 4.74 Å². The highest BCUT2D eigenvalue weighted by Crippen LogP contribution is 2.55. The number of likely N-dealkylation sites (tertiary alicyclic amines) is 1. The normalized spacial score (nSPS) is 23.0. The van der Waals surface area contributed by atoms with Crippen LogP contribution in [-0.4, -0.2) is 44.1 Å². The summed E-state index contributed by atoms with van der Waals surface area (Å²) in [7, 11) is 0. The zero-order chi connectivity index (χ0) is 26.5. The van der Waals surface area contributed by atoms with Crippen molar-refractivity contribution in [2.45, 2.75) is 84.0 Å². The molecule has 0 radical (unpaired) electrons. The fraction of sp³-hybridized carbons (Fsp3) is 0.640. The topological polar surface area (TPSA) is 88.7 Å². The minimum Gasteiger partial charge on any atom is -0.483 e. The number of carbonyl (C=O) groups excluding carboxylic acids is 1. The molecule has 3 heterocycles. The lowest BCUT2D eigenvalue weighted by atomic mass is 9.58. The molecule has 36 heavy (non-hydrogen) atoms. The lowest BCUT2D eigenvalue weighted by Crippen LogP contribution is -2.62. The first-order chi connectivity index (χ1) is 16.6. The van der Waals surface area contributed by atoms with Gasteiger partial charge in [0.1, 0.15) is 27.1 Å². The standard InChI is InChI=1S/C25H31Br2F2N3O4/c1-22(2)12-23(3,4)14-24(34,13-22)25(28,29)21(33)32-9-5-6-17(32)16-10-15(36-31-16)11-35-18-7-8-19(26)30-20(18)27/h7-8,10,17,34H,5-6,9,11-14H2,1-4H3/t17-/m0/s1. The van der Waals surface area contributed by atoms with Crippen molar-refractivity contribution in [1.29, 1.82) is 0 Å². The SMILES string of the molecule is CC1(C)CC(C)(C)CC(O)(C(F)(F)C(=O)N2CCC[C@H]2c2cc(COc3ccc(Br)nc3Br)on2)C1. The Morgan fingerprint density at radius 2 is 1.89 bits per heavy atom. The van der Waals surface area contributed by atoms with Gasteiger partial charge in [0.15, 0.2) is 11.5 Å². The summed E-state index contributed by atoms with van der Waals surface area (Å²) in [4.78, 5) is 18.6. The number of pyridine rings is 1. The van der Waals surface area contributed by atoms with Crippen molar-refractivity contribution in [3.8, 4) is 5.75 Å². The van der Waals surface area contributed by atoms with Gasteiger partial charge >= 0.3 is 5.92 Å². The highest BCUT2D eigenvalue weighted by Gasteiger charge is 2.65. The molecular weight excluding hydrogens is 604 g/mol. The summed E-state index contributed by atoms with van der Waals surface area (Å²) in [6.07, 6.45) is 1.43. The predicted molar refractivity (Wildman–Crippen MR) is 135 cm³/mol. The first-order valence-corrected chi connectivity index (χ1v) is 13.5. The smallest absolute Gasteiger partial charge is 0.352 e. The van der Waals surface area contributed by atoms with E-state index in [0.29, 0.717) is 45.7 Å². The Kier molecular flexibility index (Phi) is 7.33. The first-order valence-electron chi connectivity index (χ1n) is 11.9. The van der Waals surface area contributed by atoms with Crippen LogP contribution in [0.3, 0.4) is 0 Å². The summed E-state index contributed by atoms with van der Waals surface area (Å²) in [5.74, 6) is -4.40. The average Bonchev–Trinajstić information content (AvgIpc) is 3.39. The number of hydrogen-bond donors (Lipinski definition) is 1. The van der Waals surface area contributed by atoms with Crippen LogP contribution in [0.2, 0.25) is 0 Å². The van der Waals surface area contributed by atoms with E-state index in [2.05, 4.69) is 42.0 Å². The van der Waals surface area contributed by atoms with E-state index >= 15 is 8.78 Å². The van der Waals surface area contributed by atoms with Gasteiger partial charge < -0.3 is 19.3 Å². The van der Waals surface area contributed by atoms with E-state index in [1.807, 2.05) is 27.7 Å². The summed E-state index contributed by atoms with van der Waals surface area (Å²) in [5, 5.41) is 15.3. The van der Waals surface area contributed by atoms with Gasteiger partial charge in [0.25, 0.3) is 5.91 Å². The van der Waals surface area contributed by atoms with Crippen molar-refractivity contribution >= 4 is 37.8 Å². The fourth-order valence-corrected chi connectivity index (χ4v) is 7.18. The Bertz CT molecular complexity index is 1120. The zero-order valence-corrected chi connectivity index (χ0v) is 24.0.